The standard InChI is InChI=1S/C14H30N2O/c1-5-14(15-6-2)11-16(9-10-17-4)12(3)13-7-8-13/h12-15H,5-11H2,1-4H3. The van der Waals surface area contributed by atoms with Gasteiger partial charge in [0.15, 0.2) is 0 Å². The van der Waals surface area contributed by atoms with Gasteiger partial charge >= 0.3 is 0 Å². The van der Waals surface area contributed by atoms with E-state index in [2.05, 4.69) is 31.0 Å². The molecule has 0 heterocycles. The minimum absolute atomic E-state index is 0.623. The summed E-state index contributed by atoms with van der Waals surface area (Å²) in [6.45, 7) is 11.0. The minimum atomic E-state index is 0.623. The lowest BCUT2D eigenvalue weighted by Gasteiger charge is -2.32. The maximum atomic E-state index is 5.24. The molecule has 17 heavy (non-hydrogen) atoms. The Morgan fingerprint density at radius 2 is 2.06 bits per heavy atom. The van der Waals surface area contributed by atoms with Crippen LogP contribution in [-0.2, 0) is 4.74 Å². The Hall–Kier alpha value is -0.120. The van der Waals surface area contributed by atoms with Crippen molar-refractivity contribution in [3.8, 4) is 0 Å². The zero-order valence-electron chi connectivity index (χ0n) is 12.0. The van der Waals surface area contributed by atoms with E-state index in [1.54, 1.807) is 7.11 Å². The zero-order chi connectivity index (χ0) is 12.7. The Bertz CT molecular complexity index is 195. The average Bonchev–Trinajstić information content (AvgIpc) is 3.16. The van der Waals surface area contributed by atoms with E-state index >= 15 is 0 Å². The molecule has 3 heteroatoms. The highest BCUT2D eigenvalue weighted by atomic mass is 16.5. The lowest BCUT2D eigenvalue weighted by molar-refractivity contribution is 0.108. The molecule has 1 fully saturated rings. The molecule has 1 rings (SSSR count). The van der Waals surface area contributed by atoms with E-state index < -0.39 is 0 Å². The second-order valence-corrected chi connectivity index (χ2v) is 5.23. The van der Waals surface area contributed by atoms with E-state index in [0.29, 0.717) is 6.04 Å². The Labute approximate surface area is 107 Å². The largest absolute Gasteiger partial charge is 0.383 e. The normalized spacial score (nSPS) is 19.6. The third kappa shape index (κ3) is 5.36. The molecular formula is C14H30N2O. The van der Waals surface area contributed by atoms with E-state index in [-0.39, 0.29) is 0 Å². The molecule has 0 spiro atoms. The first kappa shape index (κ1) is 14.9. The Morgan fingerprint density at radius 1 is 1.35 bits per heavy atom. The molecular weight excluding hydrogens is 212 g/mol. The molecule has 0 saturated heterocycles. The van der Waals surface area contributed by atoms with Crippen LogP contribution in [-0.4, -0.2) is 50.3 Å². The first-order chi connectivity index (χ1) is 8.22. The summed E-state index contributed by atoms with van der Waals surface area (Å²) >= 11 is 0. The van der Waals surface area contributed by atoms with Crippen molar-refractivity contribution in [3.63, 3.8) is 0 Å². The summed E-state index contributed by atoms with van der Waals surface area (Å²) in [5.41, 5.74) is 0. The first-order valence-corrected chi connectivity index (χ1v) is 7.19. The zero-order valence-corrected chi connectivity index (χ0v) is 12.0. The van der Waals surface area contributed by atoms with Gasteiger partial charge in [0.1, 0.15) is 0 Å². The number of ether oxygens (including phenoxy) is 1. The molecule has 0 aromatic rings. The van der Waals surface area contributed by atoms with Gasteiger partial charge in [-0.3, -0.25) is 4.90 Å². The molecule has 1 aliphatic carbocycles. The summed E-state index contributed by atoms with van der Waals surface area (Å²) in [6.07, 6.45) is 4.04. The highest BCUT2D eigenvalue weighted by Crippen LogP contribution is 2.35. The van der Waals surface area contributed by atoms with Gasteiger partial charge in [0.2, 0.25) is 0 Å². The molecule has 1 N–H and O–H groups in total. The van der Waals surface area contributed by atoms with Gasteiger partial charge in [-0.15, -0.1) is 0 Å². The van der Waals surface area contributed by atoms with Crippen LogP contribution in [0.4, 0.5) is 0 Å². The van der Waals surface area contributed by atoms with E-state index in [4.69, 9.17) is 4.74 Å². The number of nitrogens with one attached hydrogen (secondary N) is 1. The quantitative estimate of drug-likeness (QED) is 0.635. The smallest absolute Gasteiger partial charge is 0.0589 e. The van der Waals surface area contributed by atoms with Crippen LogP contribution in [0.1, 0.15) is 40.0 Å². The number of rotatable bonds is 10. The monoisotopic (exact) mass is 242 g/mol. The fourth-order valence-electron chi connectivity index (χ4n) is 2.46. The van der Waals surface area contributed by atoms with Crippen LogP contribution in [0.15, 0.2) is 0 Å². The molecule has 0 aromatic heterocycles. The van der Waals surface area contributed by atoms with Crippen molar-refractivity contribution < 1.29 is 4.74 Å². The Kier molecular flexibility index (Phi) is 7.09. The third-order valence-corrected chi connectivity index (χ3v) is 3.90. The maximum absolute atomic E-state index is 5.24. The van der Waals surface area contributed by atoms with Crippen molar-refractivity contribution in [1.82, 2.24) is 10.2 Å². The lowest BCUT2D eigenvalue weighted by Crippen LogP contribution is -2.46. The fraction of sp³-hybridized carbons (Fsp3) is 1.00. The van der Waals surface area contributed by atoms with Crippen LogP contribution in [0.25, 0.3) is 0 Å². The summed E-state index contributed by atoms with van der Waals surface area (Å²) in [5.74, 6) is 0.936. The number of likely N-dealkylation sites (N-methyl/N-ethyl adjacent to an activating group) is 1. The molecule has 2 atom stereocenters. The highest BCUT2D eigenvalue weighted by Gasteiger charge is 2.32. The Morgan fingerprint density at radius 3 is 2.53 bits per heavy atom. The van der Waals surface area contributed by atoms with Crippen molar-refractivity contribution in [1.29, 1.82) is 0 Å². The second kappa shape index (κ2) is 8.06. The summed E-state index contributed by atoms with van der Waals surface area (Å²) in [5, 5.41) is 3.57. The van der Waals surface area contributed by atoms with Crippen LogP contribution >= 0.6 is 0 Å². The minimum Gasteiger partial charge on any atom is -0.383 e. The summed E-state index contributed by atoms with van der Waals surface area (Å²) in [7, 11) is 1.79. The Balaban J connectivity index is 2.42. The predicted octanol–water partition coefficient (Wildman–Crippen LogP) is 2.12. The van der Waals surface area contributed by atoms with Crippen LogP contribution in [0.3, 0.4) is 0 Å². The molecule has 0 bridgehead atoms. The van der Waals surface area contributed by atoms with Crippen molar-refractivity contribution in [2.24, 2.45) is 5.92 Å². The molecule has 3 nitrogen and oxygen atoms in total. The second-order valence-electron chi connectivity index (χ2n) is 5.23. The van der Waals surface area contributed by atoms with Crippen LogP contribution < -0.4 is 5.32 Å². The van der Waals surface area contributed by atoms with Gasteiger partial charge < -0.3 is 10.1 Å². The van der Waals surface area contributed by atoms with E-state index in [0.717, 1.165) is 38.2 Å². The van der Waals surface area contributed by atoms with E-state index in [1.165, 1.54) is 19.3 Å². The first-order valence-electron chi connectivity index (χ1n) is 7.19. The lowest BCUT2D eigenvalue weighted by atomic mass is 10.1. The van der Waals surface area contributed by atoms with Crippen molar-refractivity contribution >= 4 is 0 Å². The van der Waals surface area contributed by atoms with Crippen molar-refractivity contribution in [2.45, 2.75) is 52.1 Å². The van der Waals surface area contributed by atoms with Gasteiger partial charge in [0, 0.05) is 32.3 Å². The summed E-state index contributed by atoms with van der Waals surface area (Å²) < 4.78 is 5.24. The summed E-state index contributed by atoms with van der Waals surface area (Å²) in [6, 6.07) is 1.34. The molecule has 0 radical (unpaired) electrons. The maximum Gasteiger partial charge on any atom is 0.0589 e. The molecule has 0 amide bonds. The van der Waals surface area contributed by atoms with Crippen LogP contribution in [0.5, 0.6) is 0 Å². The highest BCUT2D eigenvalue weighted by molar-refractivity contribution is 4.86. The topological polar surface area (TPSA) is 24.5 Å². The molecule has 2 unspecified atom stereocenters. The fourth-order valence-corrected chi connectivity index (χ4v) is 2.46. The number of hydrogen-bond donors (Lipinski definition) is 1. The van der Waals surface area contributed by atoms with Gasteiger partial charge in [-0.25, -0.2) is 0 Å². The number of hydrogen-bond acceptors (Lipinski definition) is 3. The van der Waals surface area contributed by atoms with Gasteiger partial charge in [0.05, 0.1) is 6.61 Å². The number of methoxy groups -OCH3 is 1. The number of nitrogens with zero attached hydrogens (tertiary/aromatic N) is 1. The van der Waals surface area contributed by atoms with Crippen molar-refractivity contribution in [3.05, 3.63) is 0 Å². The van der Waals surface area contributed by atoms with Gasteiger partial charge in [0.25, 0.3) is 0 Å². The van der Waals surface area contributed by atoms with E-state index in [1.807, 2.05) is 0 Å². The average molecular weight is 242 g/mol. The molecule has 0 aliphatic heterocycles. The third-order valence-electron chi connectivity index (χ3n) is 3.90. The molecule has 1 saturated carbocycles. The van der Waals surface area contributed by atoms with Gasteiger partial charge in [-0.2, -0.15) is 0 Å². The molecule has 0 aromatic carbocycles. The molecule has 1 aliphatic rings. The van der Waals surface area contributed by atoms with Gasteiger partial charge in [-0.05, 0) is 38.6 Å². The SMILES string of the molecule is CCNC(CC)CN(CCOC)C(C)C1CC1. The van der Waals surface area contributed by atoms with Crippen LogP contribution in [0.2, 0.25) is 0 Å². The predicted molar refractivity (Wildman–Crippen MR) is 73.4 cm³/mol. The van der Waals surface area contributed by atoms with Gasteiger partial charge in [-0.1, -0.05) is 13.8 Å². The van der Waals surface area contributed by atoms with E-state index in [9.17, 15) is 0 Å². The van der Waals surface area contributed by atoms with Crippen molar-refractivity contribution in [2.75, 3.05) is 33.4 Å². The summed E-state index contributed by atoms with van der Waals surface area (Å²) in [4.78, 5) is 2.61. The molecule has 102 valence electrons. The van der Waals surface area contributed by atoms with Crippen LogP contribution in [0, 0.1) is 5.92 Å².